The molecule has 29 heavy (non-hydrogen) atoms. The molecule has 0 radical (unpaired) electrons. The van der Waals surface area contributed by atoms with Crippen molar-refractivity contribution < 1.29 is 9.53 Å². The summed E-state index contributed by atoms with van der Waals surface area (Å²) in [5.74, 6) is 0. The van der Waals surface area contributed by atoms with Crippen molar-refractivity contribution in [2.45, 2.75) is 70.9 Å². The quantitative estimate of drug-likeness (QED) is 0.370. The molecule has 0 aliphatic heterocycles. The van der Waals surface area contributed by atoms with E-state index >= 15 is 0 Å². The van der Waals surface area contributed by atoms with Gasteiger partial charge in [-0.15, -0.1) is 0 Å². The van der Waals surface area contributed by atoms with E-state index in [1.807, 2.05) is 12.1 Å². The lowest BCUT2D eigenvalue weighted by Gasteiger charge is -2.36. The Labute approximate surface area is 178 Å². The molecule has 0 saturated carbocycles. The molecule has 1 atom stereocenters. The zero-order valence-corrected chi connectivity index (χ0v) is 19.9. The Hall–Kier alpha value is -1.46. The normalized spacial score (nSPS) is 13.6. The minimum absolute atomic E-state index is 0.124. The maximum absolute atomic E-state index is 10.2. The topological polar surface area (TPSA) is 32.7 Å². The minimum atomic E-state index is -1.71. The average Bonchev–Trinajstić information content (AvgIpc) is 2.68. The van der Waals surface area contributed by atoms with E-state index in [-0.39, 0.29) is 17.7 Å². The fraction of sp³-hybridized carbons (Fsp3) is 0.520. The van der Waals surface area contributed by atoms with E-state index in [1.54, 1.807) is 0 Å². The lowest BCUT2D eigenvalue weighted by atomic mass is 10.1. The van der Waals surface area contributed by atoms with Gasteiger partial charge in [-0.2, -0.15) is 0 Å². The van der Waals surface area contributed by atoms with Gasteiger partial charge < -0.3 is 9.53 Å². The van der Waals surface area contributed by atoms with E-state index in [0.717, 1.165) is 32.5 Å². The molecule has 2 rings (SSSR count). The van der Waals surface area contributed by atoms with Crippen LogP contribution in [0, 0.1) is 0 Å². The van der Waals surface area contributed by atoms with Gasteiger partial charge in [0.05, 0.1) is 6.61 Å². The van der Waals surface area contributed by atoms with Crippen LogP contribution in [0.4, 0.5) is 0 Å². The summed E-state index contributed by atoms with van der Waals surface area (Å²) in [6.45, 7) is 14.0. The van der Waals surface area contributed by atoms with E-state index in [4.69, 9.17) is 4.43 Å². The number of aliphatic hydroxyl groups is 1. The van der Waals surface area contributed by atoms with Crippen molar-refractivity contribution in [1.29, 1.82) is 0 Å². The third-order valence-electron chi connectivity index (χ3n) is 6.13. The average molecular weight is 414 g/mol. The Morgan fingerprint density at radius 1 is 0.897 bits per heavy atom. The lowest BCUT2D eigenvalue weighted by molar-refractivity contribution is 0.0973. The van der Waals surface area contributed by atoms with Crippen LogP contribution in [0.3, 0.4) is 0 Å². The molecule has 0 fully saturated rings. The Morgan fingerprint density at radius 3 is 1.79 bits per heavy atom. The van der Waals surface area contributed by atoms with E-state index in [9.17, 15) is 5.11 Å². The summed E-state index contributed by atoms with van der Waals surface area (Å²) < 4.78 is 6.34. The van der Waals surface area contributed by atoms with Crippen LogP contribution < -0.4 is 0 Å². The van der Waals surface area contributed by atoms with Crippen molar-refractivity contribution >= 4 is 8.32 Å². The molecule has 2 aromatic carbocycles. The van der Waals surface area contributed by atoms with Crippen LogP contribution in [0.2, 0.25) is 18.1 Å². The Balaban J connectivity index is 2.00. The molecule has 0 saturated heterocycles. The predicted octanol–water partition coefficient (Wildman–Crippen LogP) is 5.85. The highest BCUT2D eigenvalue weighted by atomic mass is 28.4. The standard InChI is InChI=1S/C25H39NO2Si/c1-25(2,3)29(4,5)28-18-12-17-24(21-27)26(19-22-13-8-6-9-14-22)20-23-15-10-7-11-16-23/h6-11,13-16,24,27H,12,17-21H2,1-5H3/t24-/m1/s1. The lowest BCUT2D eigenvalue weighted by Crippen LogP contribution is -2.41. The molecule has 0 aliphatic rings. The van der Waals surface area contributed by atoms with Crippen LogP contribution >= 0.6 is 0 Å². The zero-order valence-electron chi connectivity index (χ0n) is 18.9. The summed E-state index contributed by atoms with van der Waals surface area (Å²) in [7, 11) is -1.71. The first-order chi connectivity index (χ1) is 13.7. The van der Waals surface area contributed by atoms with Crippen LogP contribution in [-0.2, 0) is 17.5 Å². The fourth-order valence-corrected chi connectivity index (χ4v) is 4.29. The van der Waals surface area contributed by atoms with Crippen molar-refractivity contribution in [3.63, 3.8) is 0 Å². The first-order valence-corrected chi connectivity index (χ1v) is 13.7. The second-order valence-electron chi connectivity index (χ2n) is 9.46. The van der Waals surface area contributed by atoms with Gasteiger partial charge >= 0.3 is 0 Å². The van der Waals surface area contributed by atoms with Crippen LogP contribution in [0.15, 0.2) is 60.7 Å². The number of rotatable bonds is 11. The highest BCUT2D eigenvalue weighted by Crippen LogP contribution is 2.36. The number of benzene rings is 2. The van der Waals surface area contributed by atoms with Crippen molar-refractivity contribution in [3.05, 3.63) is 71.8 Å². The van der Waals surface area contributed by atoms with Gasteiger partial charge in [0, 0.05) is 25.7 Å². The maximum atomic E-state index is 10.2. The molecule has 0 bridgehead atoms. The molecule has 0 amide bonds. The number of aliphatic hydroxyl groups excluding tert-OH is 1. The van der Waals surface area contributed by atoms with Crippen LogP contribution in [0.5, 0.6) is 0 Å². The van der Waals surface area contributed by atoms with E-state index < -0.39 is 8.32 Å². The predicted molar refractivity (Wildman–Crippen MR) is 125 cm³/mol. The van der Waals surface area contributed by atoms with Crippen molar-refractivity contribution in [2.75, 3.05) is 13.2 Å². The van der Waals surface area contributed by atoms with E-state index in [1.165, 1.54) is 11.1 Å². The highest BCUT2D eigenvalue weighted by Gasteiger charge is 2.36. The smallest absolute Gasteiger partial charge is 0.191 e. The van der Waals surface area contributed by atoms with Crippen molar-refractivity contribution in [1.82, 2.24) is 4.90 Å². The summed E-state index contributed by atoms with van der Waals surface area (Å²) in [4.78, 5) is 2.40. The van der Waals surface area contributed by atoms with Gasteiger partial charge in [0.15, 0.2) is 8.32 Å². The summed E-state index contributed by atoms with van der Waals surface area (Å²) in [5, 5.41) is 10.4. The molecule has 4 heteroatoms. The summed E-state index contributed by atoms with van der Waals surface area (Å²) in [6, 6.07) is 21.2. The summed E-state index contributed by atoms with van der Waals surface area (Å²) in [6.07, 6.45) is 1.91. The van der Waals surface area contributed by atoms with Gasteiger partial charge in [-0.05, 0) is 42.1 Å². The molecule has 1 N–H and O–H groups in total. The number of nitrogens with zero attached hydrogens (tertiary/aromatic N) is 1. The molecule has 0 spiro atoms. The first-order valence-electron chi connectivity index (χ1n) is 10.8. The van der Waals surface area contributed by atoms with Crippen LogP contribution in [0.1, 0.15) is 44.7 Å². The third kappa shape index (κ3) is 7.70. The largest absolute Gasteiger partial charge is 0.417 e. The molecule has 0 unspecified atom stereocenters. The Kier molecular flexibility index (Phi) is 9.09. The van der Waals surface area contributed by atoms with Gasteiger partial charge in [-0.3, -0.25) is 4.90 Å². The second-order valence-corrected chi connectivity index (χ2v) is 14.3. The van der Waals surface area contributed by atoms with Crippen LogP contribution in [-0.4, -0.2) is 37.6 Å². The molecule has 0 heterocycles. The van der Waals surface area contributed by atoms with Gasteiger partial charge in [0.2, 0.25) is 0 Å². The van der Waals surface area contributed by atoms with Gasteiger partial charge in [-0.25, -0.2) is 0 Å². The molecule has 0 aromatic heterocycles. The summed E-state index contributed by atoms with van der Waals surface area (Å²) >= 11 is 0. The van der Waals surface area contributed by atoms with E-state index in [0.29, 0.717) is 0 Å². The fourth-order valence-electron chi connectivity index (χ4n) is 3.20. The molecule has 160 valence electrons. The van der Waals surface area contributed by atoms with Gasteiger partial charge in [0.25, 0.3) is 0 Å². The van der Waals surface area contributed by atoms with Gasteiger partial charge in [0.1, 0.15) is 0 Å². The number of hydrogen-bond donors (Lipinski definition) is 1. The summed E-state index contributed by atoms with van der Waals surface area (Å²) in [5.41, 5.74) is 2.55. The van der Waals surface area contributed by atoms with Gasteiger partial charge in [-0.1, -0.05) is 81.4 Å². The van der Waals surface area contributed by atoms with Crippen molar-refractivity contribution in [2.24, 2.45) is 0 Å². The molecular weight excluding hydrogens is 374 g/mol. The monoisotopic (exact) mass is 413 g/mol. The molecular formula is C25H39NO2Si. The molecule has 0 aliphatic carbocycles. The van der Waals surface area contributed by atoms with Crippen LogP contribution in [0.25, 0.3) is 0 Å². The SMILES string of the molecule is CC(C)(C)[Si](C)(C)OCCC[C@H](CO)N(Cc1ccccc1)Cc1ccccc1. The first kappa shape index (κ1) is 23.8. The zero-order chi connectivity index (χ0) is 21.3. The Morgan fingerprint density at radius 2 is 1.38 bits per heavy atom. The second kappa shape index (κ2) is 11.1. The molecule has 3 nitrogen and oxygen atoms in total. The maximum Gasteiger partial charge on any atom is 0.191 e. The third-order valence-corrected chi connectivity index (χ3v) is 10.7. The number of hydrogen-bond acceptors (Lipinski definition) is 3. The Bertz CT molecular complexity index is 656. The van der Waals surface area contributed by atoms with E-state index in [2.05, 4.69) is 87.3 Å². The molecule has 2 aromatic rings. The highest BCUT2D eigenvalue weighted by molar-refractivity contribution is 6.74. The van der Waals surface area contributed by atoms with Crippen molar-refractivity contribution in [3.8, 4) is 0 Å². The minimum Gasteiger partial charge on any atom is -0.417 e.